The van der Waals surface area contributed by atoms with E-state index in [-0.39, 0.29) is 6.61 Å². The summed E-state index contributed by atoms with van der Waals surface area (Å²) in [5.41, 5.74) is 6.41. The standard InChI is InChI=1S/C10H10FN3OS/c11-5-6-15-8-3-1-7(2-4-8)9-13-14-10(12)16-9/h1-4H,5-6H2,(H2,12,14). The van der Waals surface area contributed by atoms with Crippen LogP contribution in [0.15, 0.2) is 24.3 Å². The number of nitrogens with zero attached hydrogens (tertiary/aromatic N) is 2. The predicted octanol–water partition coefficient (Wildman–Crippen LogP) is 2.14. The number of rotatable bonds is 4. The molecule has 0 spiro atoms. The summed E-state index contributed by atoms with van der Waals surface area (Å²) < 4.78 is 17.0. The SMILES string of the molecule is Nc1nnc(-c2ccc(OCCF)cc2)s1. The summed E-state index contributed by atoms with van der Waals surface area (Å²) in [6.45, 7) is -0.417. The fourth-order valence-electron chi connectivity index (χ4n) is 1.20. The molecule has 0 radical (unpaired) electrons. The van der Waals surface area contributed by atoms with E-state index in [1.165, 1.54) is 11.3 Å². The van der Waals surface area contributed by atoms with E-state index in [2.05, 4.69) is 10.2 Å². The van der Waals surface area contributed by atoms with Gasteiger partial charge in [-0.3, -0.25) is 0 Å². The largest absolute Gasteiger partial charge is 0.491 e. The lowest BCUT2D eigenvalue weighted by Gasteiger charge is -2.03. The predicted molar refractivity (Wildman–Crippen MR) is 61.2 cm³/mol. The van der Waals surface area contributed by atoms with E-state index in [0.717, 1.165) is 10.6 Å². The Hall–Kier alpha value is -1.69. The van der Waals surface area contributed by atoms with Gasteiger partial charge >= 0.3 is 0 Å². The van der Waals surface area contributed by atoms with Crippen molar-refractivity contribution in [3.05, 3.63) is 24.3 Å². The molecule has 2 N–H and O–H groups in total. The van der Waals surface area contributed by atoms with Crippen molar-refractivity contribution in [2.75, 3.05) is 19.0 Å². The van der Waals surface area contributed by atoms with Gasteiger partial charge in [0.15, 0.2) is 0 Å². The molecule has 1 aromatic heterocycles. The first-order chi connectivity index (χ1) is 7.79. The molecule has 4 nitrogen and oxygen atoms in total. The summed E-state index contributed by atoms with van der Waals surface area (Å²) in [5.74, 6) is 0.638. The second kappa shape index (κ2) is 4.89. The van der Waals surface area contributed by atoms with Crippen molar-refractivity contribution in [2.45, 2.75) is 0 Å². The number of anilines is 1. The van der Waals surface area contributed by atoms with Crippen LogP contribution in [0.25, 0.3) is 10.6 Å². The van der Waals surface area contributed by atoms with Crippen LogP contribution >= 0.6 is 11.3 Å². The third-order valence-corrected chi connectivity index (χ3v) is 2.69. The zero-order valence-electron chi connectivity index (χ0n) is 8.39. The van der Waals surface area contributed by atoms with Crippen molar-refractivity contribution in [1.82, 2.24) is 10.2 Å². The molecule has 1 aromatic carbocycles. The van der Waals surface area contributed by atoms with Gasteiger partial charge in [0.2, 0.25) is 5.13 Å². The molecule has 0 saturated carbocycles. The molecule has 0 amide bonds. The molecule has 0 aliphatic carbocycles. The van der Waals surface area contributed by atoms with Crippen LogP contribution in [0.5, 0.6) is 5.75 Å². The highest BCUT2D eigenvalue weighted by atomic mass is 32.1. The monoisotopic (exact) mass is 239 g/mol. The highest BCUT2D eigenvalue weighted by Crippen LogP contribution is 2.26. The minimum absolute atomic E-state index is 0.0745. The topological polar surface area (TPSA) is 61.0 Å². The molecule has 0 aliphatic heterocycles. The van der Waals surface area contributed by atoms with Crippen LogP contribution in [-0.2, 0) is 0 Å². The Labute approximate surface area is 95.9 Å². The van der Waals surface area contributed by atoms with Gasteiger partial charge in [-0.05, 0) is 24.3 Å². The van der Waals surface area contributed by atoms with Crippen LogP contribution in [0.4, 0.5) is 9.52 Å². The molecule has 0 fully saturated rings. The summed E-state index contributed by atoms with van der Waals surface area (Å²) in [5, 5.41) is 8.85. The number of nitrogen functional groups attached to an aromatic ring is 1. The molecule has 0 saturated heterocycles. The van der Waals surface area contributed by atoms with Crippen LogP contribution in [0, 0.1) is 0 Å². The van der Waals surface area contributed by atoms with Gasteiger partial charge in [-0.2, -0.15) is 0 Å². The first-order valence-electron chi connectivity index (χ1n) is 4.68. The Morgan fingerprint density at radius 1 is 1.25 bits per heavy atom. The van der Waals surface area contributed by atoms with Gasteiger partial charge in [0, 0.05) is 5.56 Å². The molecule has 16 heavy (non-hydrogen) atoms. The number of nitrogens with two attached hydrogens (primary N) is 1. The highest BCUT2D eigenvalue weighted by Gasteiger charge is 2.04. The molecule has 84 valence electrons. The maximum absolute atomic E-state index is 11.9. The number of benzene rings is 1. The van der Waals surface area contributed by atoms with Crippen molar-refractivity contribution in [3.8, 4) is 16.3 Å². The van der Waals surface area contributed by atoms with Gasteiger partial charge in [0.1, 0.15) is 24.0 Å². The lowest BCUT2D eigenvalue weighted by Crippen LogP contribution is -1.98. The quantitative estimate of drug-likeness (QED) is 0.887. The Morgan fingerprint density at radius 3 is 2.56 bits per heavy atom. The molecule has 0 unspecified atom stereocenters. The van der Waals surface area contributed by atoms with Crippen molar-refractivity contribution >= 4 is 16.5 Å². The fraction of sp³-hybridized carbons (Fsp3) is 0.200. The average molecular weight is 239 g/mol. The number of ether oxygens (including phenoxy) is 1. The van der Waals surface area contributed by atoms with E-state index >= 15 is 0 Å². The van der Waals surface area contributed by atoms with Gasteiger partial charge in [-0.25, -0.2) is 4.39 Å². The molecule has 6 heteroatoms. The van der Waals surface area contributed by atoms with Crippen LogP contribution in [-0.4, -0.2) is 23.5 Å². The first kappa shape index (κ1) is 10.8. The van der Waals surface area contributed by atoms with Gasteiger partial charge in [-0.15, -0.1) is 10.2 Å². The Balaban J connectivity index is 2.13. The smallest absolute Gasteiger partial charge is 0.203 e. The first-order valence-corrected chi connectivity index (χ1v) is 5.49. The zero-order chi connectivity index (χ0) is 11.4. The Morgan fingerprint density at radius 2 is 2.00 bits per heavy atom. The van der Waals surface area contributed by atoms with Crippen molar-refractivity contribution in [3.63, 3.8) is 0 Å². The molecule has 2 aromatic rings. The fourth-order valence-corrected chi connectivity index (χ4v) is 1.82. The Bertz CT molecular complexity index is 457. The minimum atomic E-state index is -0.491. The van der Waals surface area contributed by atoms with E-state index in [9.17, 15) is 4.39 Å². The van der Waals surface area contributed by atoms with Crippen molar-refractivity contribution in [2.24, 2.45) is 0 Å². The van der Waals surface area contributed by atoms with E-state index in [1.807, 2.05) is 12.1 Å². The Kier molecular flexibility index (Phi) is 3.31. The van der Waals surface area contributed by atoms with E-state index in [4.69, 9.17) is 10.5 Å². The van der Waals surface area contributed by atoms with E-state index in [0.29, 0.717) is 10.9 Å². The van der Waals surface area contributed by atoms with E-state index in [1.54, 1.807) is 12.1 Å². The van der Waals surface area contributed by atoms with Crippen molar-refractivity contribution < 1.29 is 9.13 Å². The van der Waals surface area contributed by atoms with Crippen LogP contribution in [0.1, 0.15) is 0 Å². The number of hydrogen-bond donors (Lipinski definition) is 1. The average Bonchev–Trinajstić information content (AvgIpc) is 2.74. The number of halogens is 1. The van der Waals surface area contributed by atoms with E-state index < -0.39 is 6.67 Å². The van der Waals surface area contributed by atoms with Crippen LogP contribution in [0.2, 0.25) is 0 Å². The van der Waals surface area contributed by atoms with Crippen LogP contribution in [0.3, 0.4) is 0 Å². The summed E-state index contributed by atoms with van der Waals surface area (Å²) in [6, 6.07) is 7.21. The lowest BCUT2D eigenvalue weighted by atomic mass is 10.2. The summed E-state index contributed by atoms with van der Waals surface area (Å²) in [7, 11) is 0. The molecule has 0 aliphatic rings. The zero-order valence-corrected chi connectivity index (χ0v) is 9.21. The molecular formula is C10H10FN3OS. The normalized spacial score (nSPS) is 10.3. The number of hydrogen-bond acceptors (Lipinski definition) is 5. The maximum atomic E-state index is 11.9. The lowest BCUT2D eigenvalue weighted by molar-refractivity contribution is 0.273. The van der Waals surface area contributed by atoms with Crippen molar-refractivity contribution in [1.29, 1.82) is 0 Å². The molecule has 0 atom stereocenters. The molecule has 0 bridgehead atoms. The third kappa shape index (κ3) is 2.46. The van der Waals surface area contributed by atoms with Gasteiger partial charge in [-0.1, -0.05) is 11.3 Å². The molecular weight excluding hydrogens is 229 g/mol. The second-order valence-corrected chi connectivity index (χ2v) is 4.02. The maximum Gasteiger partial charge on any atom is 0.203 e. The van der Waals surface area contributed by atoms with Gasteiger partial charge < -0.3 is 10.5 Å². The van der Waals surface area contributed by atoms with Gasteiger partial charge in [0.25, 0.3) is 0 Å². The van der Waals surface area contributed by atoms with Crippen LogP contribution < -0.4 is 10.5 Å². The number of alkyl halides is 1. The minimum Gasteiger partial charge on any atom is -0.491 e. The third-order valence-electron chi connectivity index (χ3n) is 1.89. The molecule has 1 heterocycles. The second-order valence-electron chi connectivity index (χ2n) is 3.01. The summed E-state index contributed by atoms with van der Waals surface area (Å²) >= 11 is 1.32. The van der Waals surface area contributed by atoms with Gasteiger partial charge in [0.05, 0.1) is 0 Å². The highest BCUT2D eigenvalue weighted by molar-refractivity contribution is 7.18. The summed E-state index contributed by atoms with van der Waals surface area (Å²) in [6.07, 6.45) is 0. The number of aromatic nitrogens is 2. The summed E-state index contributed by atoms with van der Waals surface area (Å²) in [4.78, 5) is 0. The molecule has 2 rings (SSSR count).